The van der Waals surface area contributed by atoms with Gasteiger partial charge < -0.3 is 4.90 Å². The van der Waals surface area contributed by atoms with Gasteiger partial charge >= 0.3 is 19.8 Å². The fourth-order valence-corrected chi connectivity index (χ4v) is 3.82. The molecular formula is C17H15BBrF7NS. The molecule has 0 saturated heterocycles. The highest BCUT2D eigenvalue weighted by atomic mass is 79.9. The van der Waals surface area contributed by atoms with Crippen LogP contribution in [0.25, 0.3) is 0 Å². The summed E-state index contributed by atoms with van der Waals surface area (Å²) in [6.45, 7) is 1.93. The Hall–Kier alpha value is -0.965. The predicted octanol–water partition coefficient (Wildman–Crippen LogP) is 6.43. The summed E-state index contributed by atoms with van der Waals surface area (Å²) in [4.78, 5) is 4.19. The first-order valence-electron chi connectivity index (χ1n) is 8.23. The molecule has 0 saturated carbocycles. The number of nitrogens with zero attached hydrogens (tertiary/aromatic N) is 1. The number of halogens is 8. The van der Waals surface area contributed by atoms with Crippen LogP contribution in [-0.2, 0) is 6.42 Å². The monoisotopic (exact) mass is 488 g/mol. The zero-order valence-electron chi connectivity index (χ0n) is 14.8. The molecule has 0 fully saturated rings. The summed E-state index contributed by atoms with van der Waals surface area (Å²) in [5.41, 5.74) is -3.23. The fourth-order valence-electron chi connectivity index (χ4n) is 2.89. The number of alkyl halides is 6. The Kier molecular flexibility index (Phi) is 6.70. The van der Waals surface area contributed by atoms with E-state index in [-0.39, 0.29) is 22.9 Å². The van der Waals surface area contributed by atoms with Crippen LogP contribution in [0.3, 0.4) is 0 Å². The Morgan fingerprint density at radius 2 is 1.75 bits per heavy atom. The molecular weight excluding hydrogens is 474 g/mol. The van der Waals surface area contributed by atoms with Gasteiger partial charge in [-0.15, -0.1) is 0 Å². The third kappa shape index (κ3) is 4.61. The Morgan fingerprint density at radius 3 is 2.21 bits per heavy atom. The number of thiocarbonyl (C=S) groups is 1. The van der Waals surface area contributed by atoms with Crippen LogP contribution in [-0.4, -0.2) is 30.2 Å². The van der Waals surface area contributed by atoms with Gasteiger partial charge in [-0.3, -0.25) is 0 Å². The first-order chi connectivity index (χ1) is 12.7. The van der Waals surface area contributed by atoms with Crippen LogP contribution in [0.1, 0.15) is 37.8 Å². The molecule has 0 aliphatic carbocycles. The summed E-state index contributed by atoms with van der Waals surface area (Å²) in [5, 5.41) is 0. The zero-order chi connectivity index (χ0) is 21.5. The summed E-state index contributed by atoms with van der Waals surface area (Å²) < 4.78 is 93.5. The van der Waals surface area contributed by atoms with Gasteiger partial charge in [0.25, 0.3) is 0 Å². The standard InChI is InChI=1S/C17H15BBrF7NS/c1-8-5-13(28)18-27-14(8)9-6-11(19)10(12(20)7-9)3-4-15(2,16(21,22)23)17(24,25)26/h6-8H,3-5H2,1-2H3. The van der Waals surface area contributed by atoms with Gasteiger partial charge in [0.05, 0.1) is 0 Å². The van der Waals surface area contributed by atoms with Gasteiger partial charge in [-0.1, -0.05) is 35.1 Å². The van der Waals surface area contributed by atoms with Gasteiger partial charge in [0.2, 0.25) is 0 Å². The average molecular weight is 489 g/mol. The van der Waals surface area contributed by atoms with E-state index in [2.05, 4.69) is 20.8 Å². The molecule has 1 aliphatic rings. The molecule has 1 unspecified atom stereocenters. The lowest BCUT2D eigenvalue weighted by Crippen LogP contribution is -2.48. The second-order valence-electron chi connectivity index (χ2n) is 6.96. The molecule has 2 rings (SSSR count). The Bertz CT molecular complexity index is 767. The van der Waals surface area contributed by atoms with Gasteiger partial charge in [-0.25, -0.2) is 4.39 Å². The smallest absolute Gasteiger partial charge is 0.344 e. The van der Waals surface area contributed by atoms with Gasteiger partial charge in [-0.2, -0.15) is 26.3 Å². The molecule has 0 N–H and O–H groups in total. The van der Waals surface area contributed by atoms with Crippen LogP contribution in [0, 0.1) is 17.2 Å². The Morgan fingerprint density at radius 1 is 1.18 bits per heavy atom. The van der Waals surface area contributed by atoms with Crippen LogP contribution < -0.4 is 0 Å². The van der Waals surface area contributed by atoms with Crippen molar-refractivity contribution in [2.24, 2.45) is 16.2 Å². The van der Waals surface area contributed by atoms with E-state index >= 15 is 0 Å². The van der Waals surface area contributed by atoms with E-state index in [1.165, 1.54) is 13.5 Å². The van der Waals surface area contributed by atoms with Crippen LogP contribution in [0.15, 0.2) is 21.5 Å². The van der Waals surface area contributed by atoms with Crippen molar-refractivity contribution >= 4 is 46.0 Å². The molecule has 0 aromatic heterocycles. The summed E-state index contributed by atoms with van der Waals surface area (Å²) in [5.74, 6) is -0.979. The second kappa shape index (κ2) is 8.05. The highest BCUT2D eigenvalue weighted by molar-refractivity contribution is 9.10. The van der Waals surface area contributed by atoms with E-state index < -0.39 is 36.4 Å². The molecule has 153 valence electrons. The van der Waals surface area contributed by atoms with Gasteiger partial charge in [0, 0.05) is 21.7 Å². The van der Waals surface area contributed by atoms with Crippen molar-refractivity contribution in [2.75, 3.05) is 0 Å². The lowest BCUT2D eigenvalue weighted by atomic mass is 9.76. The minimum absolute atomic E-state index is 0.0876. The predicted molar refractivity (Wildman–Crippen MR) is 101 cm³/mol. The van der Waals surface area contributed by atoms with E-state index in [0.717, 1.165) is 6.07 Å². The van der Waals surface area contributed by atoms with E-state index in [0.29, 0.717) is 22.5 Å². The van der Waals surface area contributed by atoms with Gasteiger partial charge in [0.1, 0.15) is 5.82 Å². The van der Waals surface area contributed by atoms with Gasteiger partial charge in [0.15, 0.2) is 5.41 Å². The zero-order valence-corrected chi connectivity index (χ0v) is 17.2. The highest BCUT2D eigenvalue weighted by Crippen LogP contribution is 2.53. The van der Waals surface area contributed by atoms with Crippen molar-refractivity contribution < 1.29 is 30.7 Å². The normalized spacial score (nSPS) is 18.7. The largest absolute Gasteiger partial charge is 0.402 e. The summed E-state index contributed by atoms with van der Waals surface area (Å²) >= 11 is 8.13. The maximum atomic E-state index is 14.6. The molecule has 28 heavy (non-hydrogen) atoms. The number of hydrogen-bond donors (Lipinski definition) is 0. The van der Waals surface area contributed by atoms with Crippen LogP contribution in [0.4, 0.5) is 30.7 Å². The molecule has 0 amide bonds. The molecule has 1 aromatic carbocycles. The topological polar surface area (TPSA) is 12.4 Å². The summed E-state index contributed by atoms with van der Waals surface area (Å²) in [7, 11) is 1.47. The maximum absolute atomic E-state index is 14.6. The molecule has 0 spiro atoms. The fraction of sp³-hybridized carbons (Fsp3) is 0.529. The number of benzene rings is 1. The number of rotatable bonds is 4. The molecule has 11 heteroatoms. The number of hydrogen-bond acceptors (Lipinski definition) is 2. The third-order valence-corrected chi connectivity index (χ3v) is 5.86. The van der Waals surface area contributed by atoms with Crippen molar-refractivity contribution in [3.05, 3.63) is 33.5 Å². The molecule has 1 radical (unpaired) electrons. The van der Waals surface area contributed by atoms with Crippen molar-refractivity contribution in [3.8, 4) is 0 Å². The second-order valence-corrected chi connectivity index (χ2v) is 8.34. The molecule has 0 bridgehead atoms. The van der Waals surface area contributed by atoms with E-state index in [1.54, 1.807) is 0 Å². The Balaban J connectivity index is 2.32. The lowest BCUT2D eigenvalue weighted by molar-refractivity contribution is -0.336. The van der Waals surface area contributed by atoms with Crippen LogP contribution in [0.2, 0.25) is 0 Å². The van der Waals surface area contributed by atoms with Crippen LogP contribution >= 0.6 is 28.1 Å². The van der Waals surface area contributed by atoms with Crippen molar-refractivity contribution in [3.63, 3.8) is 0 Å². The first kappa shape index (κ1) is 23.3. The lowest BCUT2D eigenvalue weighted by Gasteiger charge is -2.34. The average Bonchev–Trinajstić information content (AvgIpc) is 2.51. The van der Waals surface area contributed by atoms with Crippen molar-refractivity contribution in [1.29, 1.82) is 0 Å². The van der Waals surface area contributed by atoms with E-state index in [4.69, 9.17) is 12.2 Å². The van der Waals surface area contributed by atoms with Gasteiger partial charge in [-0.05, 0) is 48.6 Å². The first-order valence-corrected chi connectivity index (χ1v) is 9.43. The van der Waals surface area contributed by atoms with Crippen molar-refractivity contribution in [1.82, 2.24) is 0 Å². The quantitative estimate of drug-likeness (QED) is 0.270. The summed E-state index contributed by atoms with van der Waals surface area (Å²) in [6, 6.07) is 2.53. The molecule has 1 nitrogen and oxygen atoms in total. The maximum Gasteiger partial charge on any atom is 0.402 e. The van der Waals surface area contributed by atoms with Crippen LogP contribution in [0.5, 0.6) is 0 Å². The molecule has 1 atom stereocenters. The van der Waals surface area contributed by atoms with E-state index in [1.807, 2.05) is 6.92 Å². The molecule has 1 aliphatic heterocycles. The minimum Gasteiger partial charge on any atom is -0.344 e. The van der Waals surface area contributed by atoms with Crippen molar-refractivity contribution in [2.45, 2.75) is 45.5 Å². The summed E-state index contributed by atoms with van der Waals surface area (Å²) in [6.07, 6.45) is -12.5. The van der Waals surface area contributed by atoms with E-state index in [9.17, 15) is 30.7 Å². The third-order valence-electron chi connectivity index (χ3n) is 4.88. The highest BCUT2D eigenvalue weighted by Gasteiger charge is 2.66. The minimum atomic E-state index is -5.51. The SMILES string of the molecule is CC1CC(=S)[B]N=C1c1cc(F)c(CCC(C)(C(F)(F)F)C(F)(F)F)c(Br)c1. The molecule has 1 heterocycles. The molecule has 1 aromatic rings. The Labute approximate surface area is 172 Å².